The van der Waals surface area contributed by atoms with Crippen LogP contribution in [-0.4, -0.2) is 61.0 Å². The minimum atomic E-state index is -0.0366. The fraction of sp³-hybridized carbons (Fsp3) is 0.625. The largest absolute Gasteiger partial charge is 0.468 e. The molecule has 0 atom stereocenters. The van der Waals surface area contributed by atoms with Crippen molar-refractivity contribution in [3.05, 3.63) is 24.2 Å². The average Bonchev–Trinajstić information content (AvgIpc) is 3.20. The third-order valence-corrected chi connectivity index (χ3v) is 4.54. The van der Waals surface area contributed by atoms with E-state index in [1.807, 2.05) is 12.1 Å². The summed E-state index contributed by atoms with van der Waals surface area (Å²) in [5.41, 5.74) is 0. The van der Waals surface area contributed by atoms with Gasteiger partial charge in [0.05, 0.1) is 12.8 Å². The van der Waals surface area contributed by atoms with Gasteiger partial charge in [0.25, 0.3) is 0 Å². The van der Waals surface area contributed by atoms with E-state index in [0.717, 1.165) is 44.8 Å². The molecule has 0 radical (unpaired) electrons. The lowest BCUT2D eigenvalue weighted by atomic mass is 9.96. The lowest BCUT2D eigenvalue weighted by Gasteiger charge is -2.30. The number of nitrogens with zero attached hydrogens (tertiary/aromatic N) is 2. The predicted octanol–water partition coefficient (Wildman–Crippen LogP) is 0.633. The number of likely N-dealkylation sites (tertiary alicyclic amines) is 1. The van der Waals surface area contributed by atoms with Crippen LogP contribution in [0.3, 0.4) is 0 Å². The minimum Gasteiger partial charge on any atom is -0.468 e. The monoisotopic (exact) mass is 320 g/mol. The molecule has 0 saturated carbocycles. The van der Waals surface area contributed by atoms with E-state index >= 15 is 0 Å². The summed E-state index contributed by atoms with van der Waals surface area (Å²) < 4.78 is 5.36. The number of carbonyl (C=O) groups is 2. The summed E-state index contributed by atoms with van der Waals surface area (Å²) in [7, 11) is 0. The molecule has 2 fully saturated rings. The quantitative estimate of drug-likeness (QED) is 0.806. The number of carbonyl (C=O) groups excluding carboxylic acids is 2. The van der Waals surface area contributed by atoms with E-state index in [1.165, 1.54) is 0 Å². The summed E-state index contributed by atoms with van der Waals surface area (Å²) in [5, 5.41) is 5.72. The van der Waals surface area contributed by atoms with Gasteiger partial charge >= 0.3 is 6.03 Å². The van der Waals surface area contributed by atoms with Gasteiger partial charge in [-0.25, -0.2) is 4.79 Å². The number of hydrogen-bond acceptors (Lipinski definition) is 4. The Kier molecular flexibility index (Phi) is 5.17. The number of amides is 3. The number of piperidine rings is 1. The standard InChI is InChI=1S/C16H24N4O3/c21-15(17-5-9-20-10-6-18-16(20)22)13-3-7-19(8-4-13)12-14-2-1-11-23-14/h1-2,11,13H,3-10,12H2,(H,17,21)(H,18,22). The summed E-state index contributed by atoms with van der Waals surface area (Å²) in [6.45, 7) is 5.15. The van der Waals surface area contributed by atoms with Gasteiger partial charge in [-0.1, -0.05) is 0 Å². The van der Waals surface area contributed by atoms with Crippen LogP contribution >= 0.6 is 0 Å². The Bertz CT molecular complexity index is 523. The molecule has 3 heterocycles. The van der Waals surface area contributed by atoms with E-state index in [2.05, 4.69) is 15.5 Å². The Morgan fingerprint density at radius 2 is 2.17 bits per heavy atom. The van der Waals surface area contributed by atoms with Crippen LogP contribution < -0.4 is 10.6 Å². The number of urea groups is 1. The maximum Gasteiger partial charge on any atom is 0.317 e. The predicted molar refractivity (Wildman–Crippen MR) is 84.7 cm³/mol. The number of furan rings is 1. The summed E-state index contributed by atoms with van der Waals surface area (Å²) >= 11 is 0. The second-order valence-corrected chi connectivity index (χ2v) is 6.14. The zero-order chi connectivity index (χ0) is 16.1. The highest BCUT2D eigenvalue weighted by Gasteiger charge is 2.25. The van der Waals surface area contributed by atoms with E-state index in [9.17, 15) is 9.59 Å². The number of nitrogens with one attached hydrogen (secondary N) is 2. The molecule has 23 heavy (non-hydrogen) atoms. The molecular weight excluding hydrogens is 296 g/mol. The Morgan fingerprint density at radius 1 is 1.35 bits per heavy atom. The molecule has 1 aromatic rings. The van der Waals surface area contributed by atoms with Gasteiger partial charge in [-0.3, -0.25) is 9.69 Å². The van der Waals surface area contributed by atoms with Crippen LogP contribution in [0.4, 0.5) is 4.79 Å². The van der Waals surface area contributed by atoms with Gasteiger partial charge < -0.3 is 20.0 Å². The summed E-state index contributed by atoms with van der Waals surface area (Å²) in [6, 6.07) is 3.84. The molecule has 7 heteroatoms. The Balaban J connectivity index is 1.34. The summed E-state index contributed by atoms with van der Waals surface area (Å²) in [5.74, 6) is 1.16. The van der Waals surface area contributed by atoms with Crippen molar-refractivity contribution in [2.24, 2.45) is 5.92 Å². The first kappa shape index (κ1) is 15.9. The first-order chi connectivity index (χ1) is 11.2. The third-order valence-electron chi connectivity index (χ3n) is 4.54. The van der Waals surface area contributed by atoms with Crippen molar-refractivity contribution in [1.82, 2.24) is 20.4 Å². The van der Waals surface area contributed by atoms with Crippen LogP contribution in [0, 0.1) is 5.92 Å². The van der Waals surface area contributed by atoms with Crippen molar-refractivity contribution >= 4 is 11.9 Å². The number of hydrogen-bond donors (Lipinski definition) is 2. The highest BCUT2D eigenvalue weighted by Crippen LogP contribution is 2.19. The highest BCUT2D eigenvalue weighted by molar-refractivity contribution is 5.79. The van der Waals surface area contributed by atoms with Crippen molar-refractivity contribution < 1.29 is 14.0 Å². The van der Waals surface area contributed by atoms with Gasteiger partial charge in [0.2, 0.25) is 5.91 Å². The first-order valence-electron chi connectivity index (χ1n) is 8.27. The second-order valence-electron chi connectivity index (χ2n) is 6.14. The molecule has 126 valence electrons. The maximum absolute atomic E-state index is 12.2. The lowest BCUT2D eigenvalue weighted by molar-refractivity contribution is -0.126. The van der Waals surface area contributed by atoms with Gasteiger partial charge in [-0.05, 0) is 38.1 Å². The SMILES string of the molecule is O=C(NCCN1CCNC1=O)C1CCN(Cc2ccco2)CC1. The molecule has 0 aliphatic carbocycles. The normalized spacial score (nSPS) is 19.8. The van der Waals surface area contributed by atoms with Gasteiger partial charge in [-0.15, -0.1) is 0 Å². The first-order valence-corrected chi connectivity index (χ1v) is 8.27. The topological polar surface area (TPSA) is 77.8 Å². The Labute approximate surface area is 136 Å². The summed E-state index contributed by atoms with van der Waals surface area (Å²) in [4.78, 5) is 27.7. The minimum absolute atomic E-state index is 0.0366. The van der Waals surface area contributed by atoms with E-state index in [0.29, 0.717) is 19.6 Å². The van der Waals surface area contributed by atoms with E-state index < -0.39 is 0 Å². The molecule has 2 aliphatic heterocycles. The van der Waals surface area contributed by atoms with Crippen molar-refractivity contribution in [1.29, 1.82) is 0 Å². The van der Waals surface area contributed by atoms with Gasteiger partial charge in [0.1, 0.15) is 5.76 Å². The maximum atomic E-state index is 12.2. The molecule has 2 aliphatic rings. The second kappa shape index (κ2) is 7.50. The molecule has 0 aromatic carbocycles. The molecule has 2 saturated heterocycles. The smallest absolute Gasteiger partial charge is 0.317 e. The van der Waals surface area contributed by atoms with Crippen molar-refractivity contribution in [3.63, 3.8) is 0 Å². The number of rotatable bonds is 6. The zero-order valence-electron chi connectivity index (χ0n) is 13.3. The molecule has 3 rings (SSSR count). The van der Waals surface area contributed by atoms with Gasteiger partial charge in [0, 0.05) is 32.1 Å². The molecule has 2 N–H and O–H groups in total. The van der Waals surface area contributed by atoms with Crippen LogP contribution in [0.1, 0.15) is 18.6 Å². The molecule has 0 bridgehead atoms. The highest BCUT2D eigenvalue weighted by atomic mass is 16.3. The molecule has 7 nitrogen and oxygen atoms in total. The summed E-state index contributed by atoms with van der Waals surface area (Å²) in [6.07, 6.45) is 3.43. The fourth-order valence-corrected chi connectivity index (χ4v) is 3.16. The van der Waals surface area contributed by atoms with Crippen LogP contribution in [0.5, 0.6) is 0 Å². The van der Waals surface area contributed by atoms with E-state index in [4.69, 9.17) is 4.42 Å². The zero-order valence-corrected chi connectivity index (χ0v) is 13.3. The van der Waals surface area contributed by atoms with E-state index in [-0.39, 0.29) is 17.9 Å². The molecule has 0 unspecified atom stereocenters. The van der Waals surface area contributed by atoms with Crippen molar-refractivity contribution in [2.75, 3.05) is 39.3 Å². The molecular formula is C16H24N4O3. The Hall–Kier alpha value is -2.02. The molecule has 3 amide bonds. The van der Waals surface area contributed by atoms with Gasteiger partial charge in [-0.2, -0.15) is 0 Å². The van der Waals surface area contributed by atoms with Crippen LogP contribution in [0.15, 0.2) is 22.8 Å². The Morgan fingerprint density at radius 3 is 2.83 bits per heavy atom. The van der Waals surface area contributed by atoms with Gasteiger partial charge in [0.15, 0.2) is 0 Å². The molecule has 0 spiro atoms. The average molecular weight is 320 g/mol. The van der Waals surface area contributed by atoms with Crippen molar-refractivity contribution in [3.8, 4) is 0 Å². The van der Waals surface area contributed by atoms with Crippen LogP contribution in [0.25, 0.3) is 0 Å². The third kappa shape index (κ3) is 4.25. The lowest BCUT2D eigenvalue weighted by Crippen LogP contribution is -2.42. The van der Waals surface area contributed by atoms with E-state index in [1.54, 1.807) is 11.2 Å². The van der Waals surface area contributed by atoms with Crippen LogP contribution in [0.2, 0.25) is 0 Å². The van der Waals surface area contributed by atoms with Crippen molar-refractivity contribution in [2.45, 2.75) is 19.4 Å². The fourth-order valence-electron chi connectivity index (χ4n) is 3.16. The van der Waals surface area contributed by atoms with Crippen LogP contribution in [-0.2, 0) is 11.3 Å². The molecule has 1 aromatic heterocycles.